The number of aromatic nitrogens is 3. The van der Waals surface area contributed by atoms with Gasteiger partial charge in [0.2, 0.25) is 0 Å². The molecular formula is C22H18FN5O3S. The molecule has 8 nitrogen and oxygen atoms in total. The molecule has 162 valence electrons. The summed E-state index contributed by atoms with van der Waals surface area (Å²) in [5.74, 6) is -1.78. The maximum absolute atomic E-state index is 13.9. The third-order valence-corrected chi connectivity index (χ3v) is 5.52. The summed E-state index contributed by atoms with van der Waals surface area (Å²) in [6.45, 7) is 2.25. The molecule has 0 aliphatic carbocycles. The minimum absolute atomic E-state index is 0.0132. The van der Waals surface area contributed by atoms with Crippen molar-refractivity contribution in [3.05, 3.63) is 81.5 Å². The van der Waals surface area contributed by atoms with E-state index in [1.807, 2.05) is 6.92 Å². The van der Waals surface area contributed by atoms with Crippen LogP contribution in [0.5, 0.6) is 0 Å². The second kappa shape index (κ2) is 9.06. The largest absolute Gasteiger partial charge is 0.290 e. The molecule has 0 unspecified atom stereocenters. The van der Waals surface area contributed by atoms with Gasteiger partial charge in [-0.25, -0.2) is 14.1 Å². The van der Waals surface area contributed by atoms with Gasteiger partial charge in [-0.2, -0.15) is 5.10 Å². The molecule has 2 aromatic heterocycles. The number of thiazole rings is 1. The van der Waals surface area contributed by atoms with Crippen LogP contribution in [0.2, 0.25) is 0 Å². The van der Waals surface area contributed by atoms with Crippen molar-refractivity contribution in [1.82, 2.24) is 25.6 Å². The number of carbonyl (C=O) groups excluding carboxylic acids is 2. The van der Waals surface area contributed by atoms with Crippen LogP contribution in [-0.2, 0) is 6.54 Å². The molecule has 2 N–H and O–H groups in total. The van der Waals surface area contributed by atoms with Crippen molar-refractivity contribution in [2.45, 2.75) is 19.9 Å². The van der Waals surface area contributed by atoms with Gasteiger partial charge in [-0.15, -0.1) is 11.3 Å². The fourth-order valence-electron chi connectivity index (χ4n) is 3.14. The average Bonchev–Trinajstić information content (AvgIpc) is 3.30. The highest BCUT2D eigenvalue weighted by atomic mass is 32.1. The van der Waals surface area contributed by atoms with Crippen molar-refractivity contribution in [2.75, 3.05) is 0 Å². The molecule has 2 heterocycles. The van der Waals surface area contributed by atoms with E-state index in [1.165, 1.54) is 16.1 Å². The fourth-order valence-corrected chi connectivity index (χ4v) is 3.97. The van der Waals surface area contributed by atoms with E-state index in [4.69, 9.17) is 0 Å². The molecule has 4 rings (SSSR count). The third-order valence-electron chi connectivity index (χ3n) is 4.65. The lowest BCUT2D eigenvalue weighted by Gasteiger charge is -2.11. The molecule has 0 saturated heterocycles. The molecule has 4 aromatic rings. The number of amides is 2. The topological polar surface area (TPSA) is 106 Å². The molecule has 32 heavy (non-hydrogen) atoms. The minimum atomic E-state index is -0.677. The number of halogens is 1. The fraction of sp³-hybridized carbons (Fsp3) is 0.136. The zero-order chi connectivity index (χ0) is 22.7. The molecule has 0 bridgehead atoms. The highest BCUT2D eigenvalue weighted by Crippen LogP contribution is 2.26. The van der Waals surface area contributed by atoms with Gasteiger partial charge in [-0.1, -0.05) is 37.3 Å². The van der Waals surface area contributed by atoms with Crippen LogP contribution < -0.4 is 16.4 Å². The lowest BCUT2D eigenvalue weighted by Crippen LogP contribution is -2.43. The Morgan fingerprint density at radius 3 is 2.47 bits per heavy atom. The molecule has 2 aromatic carbocycles. The molecular weight excluding hydrogens is 433 g/mol. The normalized spacial score (nSPS) is 10.8. The van der Waals surface area contributed by atoms with Gasteiger partial charge in [0.1, 0.15) is 16.5 Å². The molecule has 0 aliphatic heterocycles. The maximum atomic E-state index is 13.9. The first-order chi connectivity index (χ1) is 15.5. The SMILES string of the molecule is CCCn1nc(C(=O)NNC(=O)c2csc(-c3ccccc3F)n2)c2ccccc2c1=O. The number of nitrogens with one attached hydrogen (secondary N) is 2. The Morgan fingerprint density at radius 1 is 1.03 bits per heavy atom. The first kappa shape index (κ1) is 21.3. The third kappa shape index (κ3) is 4.12. The van der Waals surface area contributed by atoms with Crippen molar-refractivity contribution in [2.24, 2.45) is 0 Å². The van der Waals surface area contributed by atoms with Gasteiger partial charge in [0.25, 0.3) is 17.4 Å². The van der Waals surface area contributed by atoms with Crippen molar-refractivity contribution < 1.29 is 14.0 Å². The first-order valence-corrected chi connectivity index (χ1v) is 10.7. The zero-order valence-electron chi connectivity index (χ0n) is 17.0. The molecule has 0 aliphatic rings. The summed E-state index contributed by atoms with van der Waals surface area (Å²) in [6, 6.07) is 12.8. The van der Waals surface area contributed by atoms with Gasteiger partial charge in [-0.05, 0) is 24.6 Å². The lowest BCUT2D eigenvalue weighted by atomic mass is 10.1. The van der Waals surface area contributed by atoms with Crippen LogP contribution in [0.4, 0.5) is 4.39 Å². The van der Waals surface area contributed by atoms with Gasteiger partial charge in [0.05, 0.1) is 5.39 Å². The smallest absolute Gasteiger partial charge is 0.267 e. The predicted octanol–water partition coefficient (Wildman–Crippen LogP) is 3.14. The zero-order valence-corrected chi connectivity index (χ0v) is 17.8. The number of hydrogen-bond acceptors (Lipinski definition) is 6. The van der Waals surface area contributed by atoms with E-state index < -0.39 is 17.6 Å². The number of hydrazine groups is 1. The molecule has 0 fully saturated rings. The van der Waals surface area contributed by atoms with E-state index in [1.54, 1.807) is 42.5 Å². The first-order valence-electron chi connectivity index (χ1n) is 9.80. The summed E-state index contributed by atoms with van der Waals surface area (Å²) >= 11 is 1.11. The summed E-state index contributed by atoms with van der Waals surface area (Å²) in [5.41, 5.74) is 4.65. The Balaban J connectivity index is 1.54. The van der Waals surface area contributed by atoms with E-state index in [2.05, 4.69) is 20.9 Å². The Hall–Kier alpha value is -3.92. The van der Waals surface area contributed by atoms with Crippen LogP contribution in [0.3, 0.4) is 0 Å². The number of nitrogens with zero attached hydrogens (tertiary/aromatic N) is 3. The van der Waals surface area contributed by atoms with Crippen LogP contribution in [0, 0.1) is 5.82 Å². The standard InChI is InChI=1S/C22H18FN5O3S/c1-2-11-28-22(31)14-8-4-3-7-13(14)18(27-28)20(30)26-25-19(29)17-12-32-21(24-17)15-9-5-6-10-16(15)23/h3-10,12H,2,11H2,1H3,(H,25,29)(H,26,30). The van der Waals surface area contributed by atoms with Gasteiger partial charge in [0, 0.05) is 22.9 Å². The second-order valence-electron chi connectivity index (χ2n) is 6.85. The number of carbonyl (C=O) groups is 2. The van der Waals surface area contributed by atoms with Gasteiger partial charge >= 0.3 is 0 Å². The van der Waals surface area contributed by atoms with E-state index in [9.17, 15) is 18.8 Å². The van der Waals surface area contributed by atoms with Crippen LogP contribution in [-0.4, -0.2) is 26.6 Å². The van der Waals surface area contributed by atoms with Crippen LogP contribution in [0.1, 0.15) is 34.3 Å². The molecule has 0 spiro atoms. The maximum Gasteiger partial charge on any atom is 0.290 e. The number of hydrogen-bond donors (Lipinski definition) is 2. The molecule has 0 atom stereocenters. The number of aryl methyl sites for hydroxylation is 1. The number of rotatable bonds is 5. The van der Waals surface area contributed by atoms with Crippen molar-refractivity contribution in [3.63, 3.8) is 0 Å². The minimum Gasteiger partial charge on any atom is -0.267 e. The Bertz CT molecular complexity index is 1380. The average molecular weight is 451 g/mol. The van der Waals surface area contributed by atoms with E-state index in [0.717, 1.165) is 11.3 Å². The highest BCUT2D eigenvalue weighted by molar-refractivity contribution is 7.13. The van der Waals surface area contributed by atoms with Crippen LogP contribution in [0.25, 0.3) is 21.3 Å². The van der Waals surface area contributed by atoms with E-state index >= 15 is 0 Å². The molecule has 0 saturated carbocycles. The van der Waals surface area contributed by atoms with E-state index in [0.29, 0.717) is 28.7 Å². The Morgan fingerprint density at radius 2 is 1.72 bits per heavy atom. The van der Waals surface area contributed by atoms with Crippen LogP contribution in [0.15, 0.2) is 58.7 Å². The number of benzene rings is 2. The molecule has 10 heteroatoms. The highest BCUT2D eigenvalue weighted by Gasteiger charge is 2.19. The van der Waals surface area contributed by atoms with E-state index in [-0.39, 0.29) is 22.5 Å². The second-order valence-corrected chi connectivity index (χ2v) is 7.71. The monoisotopic (exact) mass is 451 g/mol. The molecule has 0 radical (unpaired) electrons. The quantitative estimate of drug-likeness (QED) is 0.454. The van der Waals surface area contributed by atoms with Gasteiger partial charge in [-0.3, -0.25) is 25.2 Å². The van der Waals surface area contributed by atoms with Crippen LogP contribution >= 0.6 is 11.3 Å². The van der Waals surface area contributed by atoms with Crippen molar-refractivity contribution in [3.8, 4) is 10.6 Å². The lowest BCUT2D eigenvalue weighted by molar-refractivity contribution is 0.0841. The summed E-state index contributed by atoms with van der Waals surface area (Å²) in [4.78, 5) is 41.9. The van der Waals surface area contributed by atoms with Crippen molar-refractivity contribution in [1.29, 1.82) is 0 Å². The molecule has 2 amide bonds. The number of fused-ring (bicyclic) bond motifs is 1. The summed E-state index contributed by atoms with van der Waals surface area (Å²) in [5, 5.41) is 6.74. The summed E-state index contributed by atoms with van der Waals surface area (Å²) < 4.78 is 15.2. The Labute approximate surface area is 185 Å². The Kier molecular flexibility index (Phi) is 6.04. The predicted molar refractivity (Wildman–Crippen MR) is 119 cm³/mol. The summed E-state index contributed by atoms with van der Waals surface area (Å²) in [6.07, 6.45) is 0.664. The van der Waals surface area contributed by atoms with Crippen molar-refractivity contribution >= 4 is 33.9 Å². The summed E-state index contributed by atoms with van der Waals surface area (Å²) in [7, 11) is 0. The van der Waals surface area contributed by atoms with Gasteiger partial charge in [0.15, 0.2) is 5.69 Å². The van der Waals surface area contributed by atoms with Gasteiger partial charge < -0.3 is 0 Å².